The highest BCUT2D eigenvalue weighted by molar-refractivity contribution is 9.10. The van der Waals surface area contributed by atoms with Gasteiger partial charge >= 0.3 is 0 Å². The zero-order valence-electron chi connectivity index (χ0n) is 10.1. The fourth-order valence-corrected chi connectivity index (χ4v) is 2.32. The van der Waals surface area contributed by atoms with Gasteiger partial charge in [-0.1, -0.05) is 48.0 Å². The molecular weight excluding hydrogens is 266 g/mol. The predicted octanol–water partition coefficient (Wildman–Crippen LogP) is 3.12. The minimum atomic E-state index is 0.141. The molecule has 0 saturated carbocycles. The highest BCUT2D eigenvalue weighted by Crippen LogP contribution is 2.23. The molecule has 0 bridgehead atoms. The van der Waals surface area contributed by atoms with E-state index in [0.717, 1.165) is 4.47 Å². The maximum atomic E-state index is 9.29. The smallest absolute Gasteiger partial charge is 0.0587 e. The van der Waals surface area contributed by atoms with Crippen LogP contribution in [0.3, 0.4) is 0 Å². The quantitative estimate of drug-likeness (QED) is 0.871. The number of hydrogen-bond donors (Lipinski definition) is 2. The first-order valence-electron chi connectivity index (χ1n) is 5.67. The van der Waals surface area contributed by atoms with E-state index >= 15 is 0 Å². The van der Waals surface area contributed by atoms with Crippen molar-refractivity contribution in [3.8, 4) is 0 Å². The number of rotatable bonds is 5. The lowest BCUT2D eigenvalue weighted by molar-refractivity contribution is 0.201. The van der Waals surface area contributed by atoms with E-state index in [2.05, 4.69) is 48.1 Å². The van der Waals surface area contributed by atoms with Gasteiger partial charge in [0.05, 0.1) is 6.61 Å². The summed E-state index contributed by atoms with van der Waals surface area (Å²) in [5.74, 6) is 0.426. The number of halogens is 1. The average molecular weight is 286 g/mol. The van der Waals surface area contributed by atoms with Gasteiger partial charge in [0.2, 0.25) is 0 Å². The summed E-state index contributed by atoms with van der Waals surface area (Å²) < 4.78 is 1.11. The Bertz CT molecular complexity index is 327. The lowest BCUT2D eigenvalue weighted by Crippen LogP contribution is -2.38. The zero-order chi connectivity index (χ0) is 12.1. The molecule has 90 valence electrons. The Morgan fingerprint density at radius 2 is 1.88 bits per heavy atom. The molecule has 1 aromatic carbocycles. The molecule has 0 radical (unpaired) electrons. The number of benzene rings is 1. The van der Waals surface area contributed by atoms with Gasteiger partial charge in [-0.15, -0.1) is 0 Å². The van der Waals surface area contributed by atoms with Gasteiger partial charge in [0.15, 0.2) is 0 Å². The van der Waals surface area contributed by atoms with Crippen LogP contribution in [0.2, 0.25) is 0 Å². The lowest BCUT2D eigenvalue weighted by Gasteiger charge is -2.25. The van der Waals surface area contributed by atoms with E-state index in [4.69, 9.17) is 0 Å². The van der Waals surface area contributed by atoms with Gasteiger partial charge in [-0.2, -0.15) is 0 Å². The van der Waals surface area contributed by atoms with Crippen molar-refractivity contribution >= 4 is 15.9 Å². The summed E-state index contributed by atoms with van der Waals surface area (Å²) in [4.78, 5) is 0. The molecule has 0 amide bonds. The molecule has 0 spiro atoms. The zero-order valence-corrected chi connectivity index (χ0v) is 11.7. The van der Waals surface area contributed by atoms with Crippen molar-refractivity contribution in [3.63, 3.8) is 0 Å². The van der Waals surface area contributed by atoms with Gasteiger partial charge in [-0.25, -0.2) is 0 Å². The van der Waals surface area contributed by atoms with Crippen molar-refractivity contribution in [2.45, 2.75) is 32.9 Å². The standard InChI is InChI=1S/C13H20BrNO/c1-9(2)13(8-16)15-10(3)11-6-4-5-7-12(11)14/h4-7,9-10,13,15-16H,8H2,1-3H3. The monoisotopic (exact) mass is 285 g/mol. The number of aliphatic hydroxyl groups is 1. The molecule has 0 heterocycles. The summed E-state index contributed by atoms with van der Waals surface area (Å²) in [6.45, 7) is 6.51. The minimum Gasteiger partial charge on any atom is -0.395 e. The summed E-state index contributed by atoms with van der Waals surface area (Å²) >= 11 is 3.54. The molecule has 0 aliphatic heterocycles. The van der Waals surface area contributed by atoms with Crippen molar-refractivity contribution in [1.29, 1.82) is 0 Å². The van der Waals surface area contributed by atoms with Gasteiger partial charge in [-0.05, 0) is 24.5 Å². The van der Waals surface area contributed by atoms with Crippen LogP contribution in [-0.4, -0.2) is 17.8 Å². The molecule has 0 saturated heterocycles. The summed E-state index contributed by atoms with van der Waals surface area (Å²) in [6.07, 6.45) is 0. The van der Waals surface area contributed by atoms with Crippen LogP contribution in [0.1, 0.15) is 32.4 Å². The summed E-state index contributed by atoms with van der Waals surface area (Å²) in [6, 6.07) is 8.54. The Morgan fingerprint density at radius 1 is 1.25 bits per heavy atom. The maximum absolute atomic E-state index is 9.29. The topological polar surface area (TPSA) is 32.3 Å². The van der Waals surface area contributed by atoms with Gasteiger partial charge in [-0.3, -0.25) is 0 Å². The Morgan fingerprint density at radius 3 is 2.38 bits per heavy atom. The molecule has 16 heavy (non-hydrogen) atoms. The number of nitrogens with one attached hydrogen (secondary N) is 1. The Kier molecular flexibility index (Phi) is 5.46. The van der Waals surface area contributed by atoms with Gasteiger partial charge in [0.25, 0.3) is 0 Å². The molecule has 0 aliphatic carbocycles. The molecule has 2 unspecified atom stereocenters. The summed E-state index contributed by atoms with van der Waals surface area (Å²) in [7, 11) is 0. The van der Waals surface area contributed by atoms with E-state index in [9.17, 15) is 5.11 Å². The van der Waals surface area contributed by atoms with Crippen LogP contribution in [0.15, 0.2) is 28.7 Å². The molecule has 3 heteroatoms. The maximum Gasteiger partial charge on any atom is 0.0587 e. The van der Waals surface area contributed by atoms with E-state index in [0.29, 0.717) is 5.92 Å². The van der Waals surface area contributed by atoms with Crippen molar-refractivity contribution in [3.05, 3.63) is 34.3 Å². The van der Waals surface area contributed by atoms with Crippen LogP contribution < -0.4 is 5.32 Å². The summed E-state index contributed by atoms with van der Waals surface area (Å²) in [5, 5.41) is 12.7. The second-order valence-corrected chi connectivity index (χ2v) is 5.30. The van der Waals surface area contributed by atoms with Crippen LogP contribution in [0.4, 0.5) is 0 Å². The van der Waals surface area contributed by atoms with Crippen molar-refractivity contribution < 1.29 is 5.11 Å². The fourth-order valence-electron chi connectivity index (χ4n) is 1.69. The van der Waals surface area contributed by atoms with E-state index in [1.165, 1.54) is 5.56 Å². The third kappa shape index (κ3) is 3.58. The van der Waals surface area contributed by atoms with Crippen molar-refractivity contribution in [2.75, 3.05) is 6.61 Å². The Labute approximate surface area is 106 Å². The van der Waals surface area contributed by atoms with E-state index in [1.807, 2.05) is 18.2 Å². The first-order valence-corrected chi connectivity index (χ1v) is 6.47. The number of hydrogen-bond acceptors (Lipinski definition) is 2. The predicted molar refractivity (Wildman–Crippen MR) is 71.4 cm³/mol. The first kappa shape index (κ1) is 13.7. The van der Waals surface area contributed by atoms with E-state index in [-0.39, 0.29) is 18.7 Å². The lowest BCUT2D eigenvalue weighted by atomic mass is 10.0. The third-order valence-corrected chi connectivity index (χ3v) is 3.56. The largest absolute Gasteiger partial charge is 0.395 e. The third-order valence-electron chi connectivity index (χ3n) is 2.84. The van der Waals surface area contributed by atoms with Crippen LogP contribution in [-0.2, 0) is 0 Å². The highest BCUT2D eigenvalue weighted by atomic mass is 79.9. The Balaban J connectivity index is 2.72. The van der Waals surface area contributed by atoms with E-state index < -0.39 is 0 Å². The second kappa shape index (κ2) is 6.38. The van der Waals surface area contributed by atoms with E-state index in [1.54, 1.807) is 0 Å². The highest BCUT2D eigenvalue weighted by Gasteiger charge is 2.16. The molecule has 2 N–H and O–H groups in total. The molecule has 2 nitrogen and oxygen atoms in total. The average Bonchev–Trinajstić information content (AvgIpc) is 2.25. The van der Waals surface area contributed by atoms with Gasteiger partial charge in [0, 0.05) is 16.6 Å². The minimum absolute atomic E-state index is 0.141. The van der Waals surface area contributed by atoms with Crippen LogP contribution in [0.5, 0.6) is 0 Å². The number of aliphatic hydroxyl groups excluding tert-OH is 1. The SMILES string of the molecule is CC(NC(CO)C(C)C)c1ccccc1Br. The van der Waals surface area contributed by atoms with Crippen molar-refractivity contribution in [1.82, 2.24) is 5.32 Å². The van der Waals surface area contributed by atoms with Gasteiger partial charge in [0.1, 0.15) is 0 Å². The van der Waals surface area contributed by atoms with Crippen LogP contribution >= 0.6 is 15.9 Å². The van der Waals surface area contributed by atoms with Gasteiger partial charge < -0.3 is 10.4 Å². The molecule has 2 atom stereocenters. The van der Waals surface area contributed by atoms with Crippen molar-refractivity contribution in [2.24, 2.45) is 5.92 Å². The van der Waals surface area contributed by atoms with Crippen LogP contribution in [0.25, 0.3) is 0 Å². The molecule has 1 aromatic rings. The molecule has 1 rings (SSSR count). The fraction of sp³-hybridized carbons (Fsp3) is 0.538. The first-order chi connectivity index (χ1) is 7.56. The van der Waals surface area contributed by atoms with Crippen LogP contribution in [0, 0.1) is 5.92 Å². The Hall–Kier alpha value is -0.380. The second-order valence-electron chi connectivity index (χ2n) is 4.44. The molecule has 0 aliphatic rings. The summed E-state index contributed by atoms with van der Waals surface area (Å²) in [5.41, 5.74) is 1.22. The molecular formula is C13H20BrNO. The molecule has 0 aromatic heterocycles. The molecule has 0 fully saturated rings. The normalized spacial score (nSPS) is 15.1.